The fourth-order valence-corrected chi connectivity index (χ4v) is 5.07. The maximum Gasteiger partial charge on any atom is 0.406 e. The van der Waals surface area contributed by atoms with Crippen LogP contribution in [0, 0.1) is 5.92 Å². The Kier molecular flexibility index (Phi) is 11.0. The molecular formula is C26H30N4O8S2. The topological polar surface area (TPSA) is 173 Å². The van der Waals surface area contributed by atoms with Crippen LogP contribution in [0.15, 0.2) is 60.8 Å². The molecule has 0 aliphatic heterocycles. The summed E-state index contributed by atoms with van der Waals surface area (Å²) in [5.41, 5.74) is 1.78. The van der Waals surface area contributed by atoms with Gasteiger partial charge in [-0.15, -0.1) is 11.3 Å². The predicted molar refractivity (Wildman–Crippen MR) is 148 cm³/mol. The lowest BCUT2D eigenvalue weighted by Crippen LogP contribution is -2.41. The fraction of sp³-hybridized carbons (Fsp3) is 0.308. The highest BCUT2D eigenvalue weighted by atomic mass is 32.2. The number of alkyl carbamates (subject to hydrolysis) is 1. The maximum absolute atomic E-state index is 13.6. The second kappa shape index (κ2) is 14.4. The van der Waals surface area contributed by atoms with Crippen molar-refractivity contribution in [2.24, 2.45) is 5.92 Å². The molecule has 1 heterocycles. The van der Waals surface area contributed by atoms with E-state index in [1.54, 1.807) is 19.1 Å². The van der Waals surface area contributed by atoms with Crippen LogP contribution in [0.5, 0.6) is 0 Å². The van der Waals surface area contributed by atoms with Crippen LogP contribution in [0.3, 0.4) is 0 Å². The number of benzene rings is 2. The van der Waals surface area contributed by atoms with Crippen LogP contribution in [-0.2, 0) is 37.4 Å². The summed E-state index contributed by atoms with van der Waals surface area (Å²) in [5.74, 6) is -1.57. The molecule has 0 bridgehead atoms. The first kappa shape index (κ1) is 30.5. The maximum atomic E-state index is 13.6. The van der Waals surface area contributed by atoms with Gasteiger partial charge in [0.2, 0.25) is 10.9 Å². The van der Waals surface area contributed by atoms with Crippen molar-refractivity contribution in [1.29, 1.82) is 0 Å². The SMILES string of the molecule is CCOC(=O)c1ncc([C@H](Cc2ccc(NS(=O)(=O)O)cc2)NC(=O)[C@@H](CNC(=O)OC)Cc2ccccc2)s1. The molecule has 0 radical (unpaired) electrons. The van der Waals surface area contributed by atoms with Crippen molar-refractivity contribution in [2.75, 3.05) is 25.0 Å². The molecule has 0 saturated carbocycles. The van der Waals surface area contributed by atoms with Gasteiger partial charge < -0.3 is 20.1 Å². The van der Waals surface area contributed by atoms with E-state index in [1.165, 1.54) is 25.4 Å². The van der Waals surface area contributed by atoms with E-state index in [2.05, 4.69) is 20.4 Å². The molecule has 3 rings (SSSR count). The Morgan fingerprint density at radius 3 is 2.33 bits per heavy atom. The van der Waals surface area contributed by atoms with E-state index in [4.69, 9.17) is 9.29 Å². The fourth-order valence-electron chi connectivity index (χ4n) is 3.78. The van der Waals surface area contributed by atoms with Gasteiger partial charge >= 0.3 is 22.4 Å². The van der Waals surface area contributed by atoms with Gasteiger partial charge in [-0.3, -0.25) is 14.1 Å². The number of aromatic nitrogens is 1. The standard InChI is InChI=1S/C26H30N4O8S2/c1-3-38-25(32)24-27-16-22(39-24)21(14-18-9-11-20(12-10-18)30-40(34,35)36)29-23(31)19(15-28-26(33)37-2)13-17-7-5-4-6-8-17/h4-12,16,19,21,30H,3,13-15H2,1-2H3,(H,28,33)(H,29,31)(H,34,35,36)/t19-,21+/m1/s1. The molecular weight excluding hydrogens is 560 g/mol. The van der Waals surface area contributed by atoms with E-state index < -0.39 is 34.3 Å². The Bertz CT molecular complexity index is 1400. The lowest BCUT2D eigenvalue weighted by molar-refractivity contribution is -0.125. The largest absolute Gasteiger partial charge is 0.461 e. The van der Waals surface area contributed by atoms with Gasteiger partial charge in [-0.05, 0) is 43.0 Å². The van der Waals surface area contributed by atoms with E-state index in [9.17, 15) is 22.8 Å². The molecule has 214 valence electrons. The first-order valence-electron chi connectivity index (χ1n) is 12.2. The Morgan fingerprint density at radius 1 is 1.02 bits per heavy atom. The molecule has 0 aliphatic carbocycles. The number of nitrogens with zero attached hydrogens (tertiary/aromatic N) is 1. The highest BCUT2D eigenvalue weighted by Gasteiger charge is 2.26. The monoisotopic (exact) mass is 590 g/mol. The van der Waals surface area contributed by atoms with Crippen molar-refractivity contribution in [2.45, 2.75) is 25.8 Å². The minimum Gasteiger partial charge on any atom is -0.461 e. The number of methoxy groups -OCH3 is 1. The molecule has 1 aromatic heterocycles. The first-order valence-corrected chi connectivity index (χ1v) is 14.5. The van der Waals surface area contributed by atoms with Crippen LogP contribution in [0.2, 0.25) is 0 Å². The van der Waals surface area contributed by atoms with Crippen LogP contribution in [0.25, 0.3) is 0 Å². The molecule has 0 aliphatic rings. The van der Waals surface area contributed by atoms with Crippen LogP contribution in [0.4, 0.5) is 10.5 Å². The van der Waals surface area contributed by atoms with Crippen LogP contribution >= 0.6 is 11.3 Å². The highest BCUT2D eigenvalue weighted by Crippen LogP contribution is 2.26. The molecule has 2 amide bonds. The van der Waals surface area contributed by atoms with Crippen molar-refractivity contribution >= 4 is 45.3 Å². The van der Waals surface area contributed by atoms with Crippen LogP contribution < -0.4 is 15.4 Å². The number of hydrogen-bond donors (Lipinski definition) is 4. The molecule has 2 atom stereocenters. The van der Waals surface area contributed by atoms with Crippen LogP contribution in [-0.4, -0.2) is 56.2 Å². The van der Waals surface area contributed by atoms with Crippen molar-refractivity contribution in [3.05, 3.63) is 81.8 Å². The van der Waals surface area contributed by atoms with Gasteiger partial charge in [-0.2, -0.15) is 8.42 Å². The zero-order chi connectivity index (χ0) is 29.1. The molecule has 4 N–H and O–H groups in total. The van der Waals surface area contributed by atoms with E-state index in [1.807, 2.05) is 35.1 Å². The minimum atomic E-state index is -4.43. The number of nitrogens with one attached hydrogen (secondary N) is 3. The first-order chi connectivity index (χ1) is 19.1. The molecule has 0 spiro atoms. The van der Waals surface area contributed by atoms with Gasteiger partial charge in [-0.1, -0.05) is 42.5 Å². The molecule has 14 heteroatoms. The average Bonchev–Trinajstić information content (AvgIpc) is 3.42. The van der Waals surface area contributed by atoms with Gasteiger partial charge in [0.15, 0.2) is 0 Å². The third kappa shape index (κ3) is 9.63. The highest BCUT2D eigenvalue weighted by molar-refractivity contribution is 7.87. The summed E-state index contributed by atoms with van der Waals surface area (Å²) in [5, 5.41) is 5.74. The van der Waals surface area contributed by atoms with Crippen LogP contribution in [0.1, 0.15) is 38.8 Å². The van der Waals surface area contributed by atoms with E-state index >= 15 is 0 Å². The zero-order valence-electron chi connectivity index (χ0n) is 21.8. The second-order valence-corrected chi connectivity index (χ2v) is 10.8. The van der Waals surface area contributed by atoms with Gasteiger partial charge in [-0.25, -0.2) is 14.6 Å². The summed E-state index contributed by atoms with van der Waals surface area (Å²) in [6.07, 6.45) is 1.44. The quantitative estimate of drug-likeness (QED) is 0.172. The van der Waals surface area contributed by atoms with Gasteiger partial charge in [0.1, 0.15) is 0 Å². The smallest absolute Gasteiger partial charge is 0.406 e. The number of hydrogen-bond acceptors (Lipinski definition) is 9. The second-order valence-electron chi connectivity index (χ2n) is 8.59. The molecule has 2 aromatic carbocycles. The zero-order valence-corrected chi connectivity index (χ0v) is 23.5. The summed E-state index contributed by atoms with van der Waals surface area (Å²) in [4.78, 5) is 42.3. The summed E-state index contributed by atoms with van der Waals surface area (Å²) in [6.45, 7) is 1.89. The Morgan fingerprint density at radius 2 is 1.70 bits per heavy atom. The Labute approximate surface area is 236 Å². The van der Waals surface area contributed by atoms with E-state index in [0.29, 0.717) is 11.3 Å². The predicted octanol–water partition coefficient (Wildman–Crippen LogP) is 3.15. The summed E-state index contributed by atoms with van der Waals surface area (Å²) < 4.78 is 42.9. The van der Waals surface area contributed by atoms with Crippen molar-refractivity contribution in [3.63, 3.8) is 0 Å². The lowest BCUT2D eigenvalue weighted by Gasteiger charge is -2.23. The summed E-state index contributed by atoms with van der Waals surface area (Å²) >= 11 is 1.08. The van der Waals surface area contributed by atoms with Gasteiger partial charge in [0, 0.05) is 17.6 Å². The van der Waals surface area contributed by atoms with E-state index in [-0.39, 0.29) is 36.2 Å². The van der Waals surface area contributed by atoms with Gasteiger partial charge in [0.05, 0.1) is 31.4 Å². The molecule has 0 fully saturated rings. The number of amides is 2. The van der Waals surface area contributed by atoms with Crippen molar-refractivity contribution in [3.8, 4) is 0 Å². The molecule has 12 nitrogen and oxygen atoms in total. The normalized spacial score (nSPS) is 12.6. The molecule has 40 heavy (non-hydrogen) atoms. The Hall–Kier alpha value is -4.01. The number of carbonyl (C=O) groups is 3. The summed E-state index contributed by atoms with van der Waals surface area (Å²) in [7, 11) is -3.19. The lowest BCUT2D eigenvalue weighted by atomic mass is 9.97. The molecule has 0 saturated heterocycles. The number of anilines is 1. The number of ether oxygens (including phenoxy) is 2. The number of rotatable bonds is 13. The molecule has 0 unspecified atom stereocenters. The Balaban J connectivity index is 1.86. The number of carbonyl (C=O) groups excluding carboxylic acids is 3. The van der Waals surface area contributed by atoms with Crippen molar-refractivity contribution in [1.82, 2.24) is 15.6 Å². The third-order valence-electron chi connectivity index (χ3n) is 5.65. The number of thiazole rings is 1. The van der Waals surface area contributed by atoms with Crippen molar-refractivity contribution < 1.29 is 36.8 Å². The summed E-state index contributed by atoms with van der Waals surface area (Å²) in [6, 6.07) is 14.9. The van der Waals surface area contributed by atoms with Gasteiger partial charge in [0.25, 0.3) is 0 Å². The van der Waals surface area contributed by atoms with E-state index in [0.717, 1.165) is 22.5 Å². The third-order valence-corrected chi connectivity index (χ3v) is 7.23. The minimum absolute atomic E-state index is 0.0207. The average molecular weight is 591 g/mol. The molecule has 3 aromatic rings. The number of esters is 1.